The second kappa shape index (κ2) is 13.1. The predicted molar refractivity (Wildman–Crippen MR) is 173 cm³/mol. The van der Waals surface area contributed by atoms with E-state index in [4.69, 9.17) is 0 Å². The molecule has 2 aliphatic rings. The minimum Gasteiger partial charge on any atom is -0.286 e. The van der Waals surface area contributed by atoms with Gasteiger partial charge in [0, 0.05) is 34.0 Å². The number of aromatic nitrogens is 2. The number of fused-ring (bicyclic) bond motifs is 3. The van der Waals surface area contributed by atoms with E-state index in [9.17, 15) is 38.4 Å². The van der Waals surface area contributed by atoms with Crippen LogP contribution in [0.1, 0.15) is 53.0 Å². The number of carbonyl (C=O) groups is 4. The van der Waals surface area contributed by atoms with E-state index in [0.717, 1.165) is 19.6 Å². The molecule has 0 atom stereocenters. The first-order chi connectivity index (χ1) is 21.8. The Hall–Kier alpha value is -5.78. The van der Waals surface area contributed by atoms with Gasteiger partial charge in [0.15, 0.2) is 0 Å². The van der Waals surface area contributed by atoms with Crippen LogP contribution in [0.25, 0.3) is 27.2 Å². The zero-order valence-electron chi connectivity index (χ0n) is 26.2. The van der Waals surface area contributed by atoms with E-state index in [1.54, 1.807) is 48.5 Å². The maximum atomic E-state index is 12.7. The van der Waals surface area contributed by atoms with E-state index in [1.165, 1.54) is 38.2 Å². The summed E-state index contributed by atoms with van der Waals surface area (Å²) in [6.07, 6.45) is 0.796. The van der Waals surface area contributed by atoms with Crippen molar-refractivity contribution in [2.45, 2.75) is 33.6 Å². The zero-order chi connectivity index (χ0) is 34.0. The van der Waals surface area contributed by atoms with Crippen LogP contribution in [-0.2, 0) is 16.6 Å². The predicted octanol–water partition coefficient (Wildman–Crippen LogP) is 2.45. The zero-order valence-corrected chi connectivity index (χ0v) is 26.2. The van der Waals surface area contributed by atoms with Gasteiger partial charge in [0.05, 0.1) is 38.4 Å². The number of hydrogen-bond donors (Lipinski definition) is 0. The molecular weight excluding hydrogens is 592 g/mol. The Labute approximate surface area is 262 Å². The second-order valence-electron chi connectivity index (χ2n) is 10.5. The third kappa shape index (κ3) is 5.72. The Morgan fingerprint density at radius 2 is 0.913 bits per heavy atom. The highest BCUT2D eigenvalue weighted by atomic mass is 16.2. The molecular formula is C34H32N4O8. The van der Waals surface area contributed by atoms with Gasteiger partial charge in [-0.3, -0.25) is 52.7 Å². The number of hydrogen-bond acceptors (Lipinski definition) is 8. The highest BCUT2D eigenvalue weighted by Crippen LogP contribution is 2.20. The standard InChI is InChI=1S/C18H12N2O4.C9H7NO2.C5H7NO2.C2H6/c1-9-3-5-10(6-4-9)20-17(23)13-7-11-12(8-14(13)18(20)24)16(22)19(2)15(11)21;1-10-8(11)6-4-2-3-5-7(6)9(10)12;1-6-4(7)2-3-5(6)8;1-2/h3-8H,1-2H3;2-5H,1H3;2-3H2,1H3;1-2H3. The second-order valence-corrected chi connectivity index (χ2v) is 10.5. The highest BCUT2D eigenvalue weighted by molar-refractivity contribution is 6.21. The molecule has 2 aliphatic heterocycles. The van der Waals surface area contributed by atoms with Crippen molar-refractivity contribution in [2.24, 2.45) is 7.05 Å². The van der Waals surface area contributed by atoms with Gasteiger partial charge in [-0.05, 0) is 43.3 Å². The Balaban J connectivity index is 0.000000181. The number of imide groups is 2. The molecule has 3 aromatic carbocycles. The lowest BCUT2D eigenvalue weighted by Crippen LogP contribution is -2.24. The van der Waals surface area contributed by atoms with E-state index >= 15 is 0 Å². The van der Waals surface area contributed by atoms with Gasteiger partial charge < -0.3 is 0 Å². The molecule has 0 bridgehead atoms. The fraction of sp³-hybridized carbons (Fsp3) is 0.235. The van der Waals surface area contributed by atoms with Gasteiger partial charge >= 0.3 is 0 Å². The van der Waals surface area contributed by atoms with Gasteiger partial charge in [-0.25, -0.2) is 4.57 Å². The van der Waals surface area contributed by atoms with Gasteiger partial charge in [0.2, 0.25) is 11.8 Å². The Morgan fingerprint density at radius 3 is 1.28 bits per heavy atom. The van der Waals surface area contributed by atoms with Crippen molar-refractivity contribution in [1.82, 2.24) is 18.9 Å². The molecule has 4 amide bonds. The monoisotopic (exact) mass is 624 g/mol. The molecule has 7 rings (SSSR count). The summed E-state index contributed by atoms with van der Waals surface area (Å²) < 4.78 is 2.05. The number of aryl methyl sites for hydroxylation is 1. The first kappa shape index (κ1) is 33.1. The molecule has 5 aromatic rings. The molecule has 0 aliphatic carbocycles. The van der Waals surface area contributed by atoms with Crippen molar-refractivity contribution in [3.05, 3.63) is 119 Å². The average Bonchev–Trinajstić information content (AvgIpc) is 3.66. The first-order valence-corrected chi connectivity index (χ1v) is 14.5. The van der Waals surface area contributed by atoms with Crippen molar-refractivity contribution < 1.29 is 19.2 Å². The third-order valence-corrected chi connectivity index (χ3v) is 7.69. The maximum absolute atomic E-state index is 12.7. The maximum Gasteiger partial charge on any atom is 0.266 e. The van der Waals surface area contributed by atoms with Crippen LogP contribution >= 0.6 is 0 Å². The summed E-state index contributed by atoms with van der Waals surface area (Å²) in [4.78, 5) is 95.4. The quantitative estimate of drug-likeness (QED) is 0.258. The molecule has 46 heavy (non-hydrogen) atoms. The van der Waals surface area contributed by atoms with Gasteiger partial charge in [0.25, 0.3) is 34.1 Å². The molecule has 0 unspecified atom stereocenters. The number of likely N-dealkylation sites (tertiary alicyclic amines) is 1. The van der Waals surface area contributed by atoms with Crippen molar-refractivity contribution in [3.63, 3.8) is 0 Å². The normalized spacial score (nSPS) is 13.7. The van der Waals surface area contributed by atoms with Crippen LogP contribution in [0.15, 0.2) is 79.8 Å². The lowest BCUT2D eigenvalue weighted by molar-refractivity contribution is -0.136. The average molecular weight is 625 g/mol. The molecule has 4 heterocycles. The van der Waals surface area contributed by atoms with Gasteiger partial charge in [-0.15, -0.1) is 0 Å². The number of benzene rings is 3. The van der Waals surface area contributed by atoms with E-state index in [-0.39, 0.29) is 45.2 Å². The van der Waals surface area contributed by atoms with Crippen LogP contribution in [0.4, 0.5) is 0 Å². The lowest BCUT2D eigenvalue weighted by Gasteiger charge is -2.02. The van der Waals surface area contributed by atoms with Crippen molar-refractivity contribution in [1.29, 1.82) is 0 Å². The third-order valence-electron chi connectivity index (χ3n) is 7.69. The summed E-state index contributed by atoms with van der Waals surface area (Å²) in [6.45, 7) is 5.91. The van der Waals surface area contributed by atoms with E-state index in [0.29, 0.717) is 29.7 Å². The molecule has 12 heteroatoms. The van der Waals surface area contributed by atoms with Crippen LogP contribution in [0, 0.1) is 6.92 Å². The Morgan fingerprint density at radius 1 is 0.522 bits per heavy atom. The summed E-state index contributed by atoms with van der Waals surface area (Å²) in [7, 11) is 4.38. The number of carbonyl (C=O) groups excluding carboxylic acids is 4. The smallest absolute Gasteiger partial charge is 0.266 e. The fourth-order valence-corrected chi connectivity index (χ4v) is 5.02. The molecule has 0 N–H and O–H groups in total. The molecule has 1 fully saturated rings. The number of nitrogens with zero attached hydrogens (tertiary/aromatic N) is 4. The molecule has 12 nitrogen and oxygen atoms in total. The Kier molecular flexibility index (Phi) is 9.41. The number of rotatable bonds is 1. The molecule has 1 saturated heterocycles. The number of amides is 4. The van der Waals surface area contributed by atoms with E-state index in [1.807, 2.05) is 20.8 Å². The van der Waals surface area contributed by atoms with Crippen LogP contribution in [0.3, 0.4) is 0 Å². The van der Waals surface area contributed by atoms with Crippen LogP contribution in [-0.4, -0.2) is 56.7 Å². The molecule has 0 spiro atoms. The molecule has 0 radical (unpaired) electrons. The summed E-state index contributed by atoms with van der Waals surface area (Å²) in [5.41, 5.74) is 0.567. The first-order valence-electron chi connectivity index (χ1n) is 14.5. The van der Waals surface area contributed by atoms with E-state index < -0.39 is 22.2 Å². The SMILES string of the molecule is CC.CN1C(=O)CCC1=O.CN1C(=O)c2ccccc2C1=O.Cc1ccc(-n2c(=O)c3cc4c(=O)n(C)c(=O)c4cc3c2=O)cc1. The van der Waals surface area contributed by atoms with Crippen molar-refractivity contribution in [2.75, 3.05) is 14.1 Å². The summed E-state index contributed by atoms with van der Waals surface area (Å²) in [6, 6.07) is 16.5. The summed E-state index contributed by atoms with van der Waals surface area (Å²) in [5.74, 6) is -0.545. The molecule has 236 valence electrons. The van der Waals surface area contributed by atoms with Gasteiger partial charge in [-0.1, -0.05) is 43.7 Å². The minimum absolute atomic E-state index is 0.0602. The topological polar surface area (TPSA) is 153 Å². The van der Waals surface area contributed by atoms with Crippen LogP contribution in [0.5, 0.6) is 0 Å². The van der Waals surface area contributed by atoms with Crippen molar-refractivity contribution >= 4 is 45.2 Å². The van der Waals surface area contributed by atoms with Crippen LogP contribution in [0.2, 0.25) is 0 Å². The largest absolute Gasteiger partial charge is 0.286 e. The summed E-state index contributed by atoms with van der Waals surface area (Å²) in [5, 5.41) is 0.618. The molecule has 2 aromatic heterocycles. The van der Waals surface area contributed by atoms with Crippen molar-refractivity contribution in [3.8, 4) is 5.69 Å². The highest BCUT2D eigenvalue weighted by Gasteiger charge is 2.31. The van der Waals surface area contributed by atoms with Crippen LogP contribution < -0.4 is 22.2 Å². The summed E-state index contributed by atoms with van der Waals surface area (Å²) >= 11 is 0. The molecule has 0 saturated carbocycles. The van der Waals surface area contributed by atoms with Gasteiger partial charge in [0.1, 0.15) is 0 Å². The Bertz CT molecular complexity index is 2110. The lowest BCUT2D eigenvalue weighted by atomic mass is 10.1. The fourth-order valence-electron chi connectivity index (χ4n) is 5.02. The van der Waals surface area contributed by atoms with Gasteiger partial charge in [-0.2, -0.15) is 0 Å². The minimum atomic E-state index is -0.489. The van der Waals surface area contributed by atoms with E-state index in [2.05, 4.69) is 0 Å².